The topological polar surface area (TPSA) is 112 Å². The zero-order valence-corrected chi connectivity index (χ0v) is 14.1. The number of benzene rings is 1. The lowest BCUT2D eigenvalue weighted by molar-refractivity contribution is -0.402. The second-order valence-electron chi connectivity index (χ2n) is 4.76. The Morgan fingerprint density at radius 2 is 2.12 bits per heavy atom. The molecule has 2 aromatic rings. The molecule has 0 aliphatic rings. The Morgan fingerprint density at radius 1 is 1.38 bits per heavy atom. The van der Waals surface area contributed by atoms with Crippen molar-refractivity contribution in [3.8, 4) is 0 Å². The summed E-state index contributed by atoms with van der Waals surface area (Å²) in [5.41, 5.74) is 0.671. The zero-order chi connectivity index (χ0) is 17.7. The van der Waals surface area contributed by atoms with Crippen LogP contribution in [0.1, 0.15) is 28.6 Å². The van der Waals surface area contributed by atoms with E-state index in [0.29, 0.717) is 5.56 Å². The molecule has 0 bridgehead atoms. The number of carbonyl (C=O) groups excluding carboxylic acids is 2. The standard InChI is InChI=1S/C15H13BrN2O6/c1-23-14(19)8-11(9-3-2-4-10(16)7-9)17-15(20)12-5-6-13(24-12)18(21)22/h2-7,11H,8H2,1H3,(H,17,20). The van der Waals surface area contributed by atoms with Gasteiger partial charge in [0.05, 0.1) is 25.6 Å². The van der Waals surface area contributed by atoms with Crippen LogP contribution in [0.2, 0.25) is 0 Å². The summed E-state index contributed by atoms with van der Waals surface area (Å²) in [5.74, 6) is -1.93. The van der Waals surface area contributed by atoms with Gasteiger partial charge in [0.25, 0.3) is 5.91 Å². The minimum absolute atomic E-state index is 0.0957. The van der Waals surface area contributed by atoms with Gasteiger partial charge in [0, 0.05) is 4.47 Å². The Hall–Kier alpha value is -2.68. The van der Waals surface area contributed by atoms with Crippen LogP contribution in [0, 0.1) is 10.1 Å². The van der Waals surface area contributed by atoms with Gasteiger partial charge >= 0.3 is 11.9 Å². The van der Waals surface area contributed by atoms with Crippen LogP contribution >= 0.6 is 15.9 Å². The average Bonchev–Trinajstić information content (AvgIpc) is 3.04. The number of methoxy groups -OCH3 is 1. The third-order valence-corrected chi connectivity index (χ3v) is 3.64. The van der Waals surface area contributed by atoms with E-state index in [4.69, 9.17) is 4.42 Å². The number of hydrogen-bond acceptors (Lipinski definition) is 6. The van der Waals surface area contributed by atoms with Gasteiger partial charge in [-0.15, -0.1) is 0 Å². The maximum Gasteiger partial charge on any atom is 0.433 e. The second kappa shape index (κ2) is 7.73. The van der Waals surface area contributed by atoms with Gasteiger partial charge in [0.1, 0.15) is 4.92 Å². The maximum atomic E-state index is 12.2. The Kier molecular flexibility index (Phi) is 5.69. The van der Waals surface area contributed by atoms with E-state index in [0.717, 1.165) is 10.5 Å². The SMILES string of the molecule is COC(=O)CC(NC(=O)c1ccc([N+](=O)[O-])o1)c1cccc(Br)c1. The molecular formula is C15H13BrN2O6. The number of ether oxygens (including phenoxy) is 1. The summed E-state index contributed by atoms with van der Waals surface area (Å²) in [7, 11) is 1.25. The van der Waals surface area contributed by atoms with Gasteiger partial charge in [-0.3, -0.25) is 19.7 Å². The van der Waals surface area contributed by atoms with Crippen LogP contribution < -0.4 is 5.32 Å². The van der Waals surface area contributed by atoms with E-state index in [-0.39, 0.29) is 12.2 Å². The first-order valence-corrected chi connectivity index (χ1v) is 7.57. The molecule has 0 saturated carbocycles. The number of nitrogens with zero attached hydrogens (tertiary/aromatic N) is 1. The first-order valence-electron chi connectivity index (χ1n) is 6.78. The Morgan fingerprint density at radius 3 is 2.71 bits per heavy atom. The fourth-order valence-corrected chi connectivity index (χ4v) is 2.42. The minimum Gasteiger partial charge on any atom is -0.469 e. The summed E-state index contributed by atoms with van der Waals surface area (Å²) in [6, 6.07) is 8.66. The predicted octanol–water partition coefficient (Wildman–Crippen LogP) is 2.98. The van der Waals surface area contributed by atoms with E-state index in [2.05, 4.69) is 26.0 Å². The van der Waals surface area contributed by atoms with Gasteiger partial charge in [-0.1, -0.05) is 28.1 Å². The third kappa shape index (κ3) is 4.42. The van der Waals surface area contributed by atoms with Crippen LogP contribution in [-0.4, -0.2) is 23.9 Å². The molecule has 0 spiro atoms. The fraction of sp³-hybridized carbons (Fsp3) is 0.200. The van der Waals surface area contributed by atoms with Crippen LogP contribution in [0.4, 0.5) is 5.88 Å². The van der Waals surface area contributed by atoms with Crippen LogP contribution in [0.3, 0.4) is 0 Å². The Balaban J connectivity index is 2.21. The zero-order valence-electron chi connectivity index (χ0n) is 12.5. The molecule has 8 nitrogen and oxygen atoms in total. The van der Waals surface area contributed by atoms with Crippen molar-refractivity contribution in [1.82, 2.24) is 5.32 Å². The summed E-state index contributed by atoms with van der Waals surface area (Å²) in [6.45, 7) is 0. The van der Waals surface area contributed by atoms with Gasteiger partial charge in [-0.05, 0) is 23.8 Å². The van der Waals surface area contributed by atoms with E-state index in [1.165, 1.54) is 13.2 Å². The van der Waals surface area contributed by atoms with Crippen molar-refractivity contribution >= 4 is 33.7 Å². The van der Waals surface area contributed by atoms with E-state index >= 15 is 0 Å². The second-order valence-corrected chi connectivity index (χ2v) is 5.67. The molecule has 1 aromatic carbocycles. The summed E-state index contributed by atoms with van der Waals surface area (Å²) in [5, 5.41) is 13.2. The normalized spacial score (nSPS) is 11.6. The molecule has 9 heteroatoms. The predicted molar refractivity (Wildman–Crippen MR) is 86.3 cm³/mol. The van der Waals surface area contributed by atoms with Crippen molar-refractivity contribution in [2.24, 2.45) is 0 Å². The van der Waals surface area contributed by atoms with Gasteiger partial charge in [0.2, 0.25) is 0 Å². The van der Waals surface area contributed by atoms with E-state index in [1.807, 2.05) is 0 Å². The lowest BCUT2D eigenvalue weighted by Gasteiger charge is -2.17. The number of rotatable bonds is 6. The molecule has 1 atom stereocenters. The molecule has 2 rings (SSSR count). The molecule has 0 saturated heterocycles. The van der Waals surface area contributed by atoms with Gasteiger partial charge < -0.3 is 14.5 Å². The molecule has 1 unspecified atom stereocenters. The number of halogens is 1. The molecule has 1 aromatic heterocycles. The van der Waals surface area contributed by atoms with Crippen LogP contribution in [-0.2, 0) is 9.53 Å². The van der Waals surface area contributed by atoms with Gasteiger partial charge in [-0.25, -0.2) is 0 Å². The highest BCUT2D eigenvalue weighted by Gasteiger charge is 2.23. The number of hydrogen-bond donors (Lipinski definition) is 1. The Bertz CT molecular complexity index is 773. The molecule has 126 valence electrons. The molecule has 0 fully saturated rings. The average molecular weight is 397 g/mol. The van der Waals surface area contributed by atoms with Crippen molar-refractivity contribution < 1.29 is 23.7 Å². The molecule has 0 aliphatic carbocycles. The van der Waals surface area contributed by atoms with Crippen molar-refractivity contribution in [2.75, 3.05) is 7.11 Å². The summed E-state index contributed by atoms with van der Waals surface area (Å²) < 4.78 is 10.3. The Labute approximate surface area is 145 Å². The molecule has 0 radical (unpaired) electrons. The number of esters is 1. The van der Waals surface area contributed by atoms with Crippen molar-refractivity contribution in [3.63, 3.8) is 0 Å². The first kappa shape index (κ1) is 17.7. The largest absolute Gasteiger partial charge is 0.469 e. The number of carbonyl (C=O) groups is 2. The third-order valence-electron chi connectivity index (χ3n) is 3.15. The number of furan rings is 1. The fourth-order valence-electron chi connectivity index (χ4n) is 2.00. The molecule has 24 heavy (non-hydrogen) atoms. The van der Waals surface area contributed by atoms with Crippen molar-refractivity contribution in [1.29, 1.82) is 0 Å². The van der Waals surface area contributed by atoms with E-state index in [9.17, 15) is 19.7 Å². The van der Waals surface area contributed by atoms with Crippen LogP contribution in [0.25, 0.3) is 0 Å². The summed E-state index contributed by atoms with van der Waals surface area (Å²) in [6.07, 6.45) is -0.0957. The highest BCUT2D eigenvalue weighted by Crippen LogP contribution is 2.23. The lowest BCUT2D eigenvalue weighted by Crippen LogP contribution is -2.30. The molecule has 1 heterocycles. The molecule has 1 amide bonds. The van der Waals surface area contributed by atoms with E-state index < -0.39 is 28.7 Å². The van der Waals surface area contributed by atoms with E-state index in [1.54, 1.807) is 24.3 Å². The summed E-state index contributed by atoms with van der Waals surface area (Å²) >= 11 is 3.32. The first-order chi connectivity index (χ1) is 11.4. The van der Waals surface area contributed by atoms with Crippen LogP contribution in [0.5, 0.6) is 0 Å². The highest BCUT2D eigenvalue weighted by molar-refractivity contribution is 9.10. The molecule has 1 N–H and O–H groups in total. The van der Waals surface area contributed by atoms with Crippen molar-refractivity contribution in [2.45, 2.75) is 12.5 Å². The maximum absolute atomic E-state index is 12.2. The highest BCUT2D eigenvalue weighted by atomic mass is 79.9. The smallest absolute Gasteiger partial charge is 0.433 e. The number of nitro groups is 1. The lowest BCUT2D eigenvalue weighted by atomic mass is 10.0. The number of amides is 1. The molecular weight excluding hydrogens is 384 g/mol. The minimum atomic E-state index is -0.739. The van der Waals surface area contributed by atoms with Gasteiger partial charge in [-0.2, -0.15) is 0 Å². The van der Waals surface area contributed by atoms with Crippen LogP contribution in [0.15, 0.2) is 45.3 Å². The van der Waals surface area contributed by atoms with Crippen molar-refractivity contribution in [3.05, 3.63) is 62.3 Å². The quantitative estimate of drug-likeness (QED) is 0.456. The monoisotopic (exact) mass is 396 g/mol. The number of nitrogens with one attached hydrogen (secondary N) is 1. The summed E-state index contributed by atoms with van der Waals surface area (Å²) in [4.78, 5) is 33.7. The molecule has 0 aliphatic heterocycles. The van der Waals surface area contributed by atoms with Gasteiger partial charge in [0.15, 0.2) is 5.76 Å².